The van der Waals surface area contributed by atoms with Gasteiger partial charge in [-0.05, 0) is 37.0 Å². The van der Waals surface area contributed by atoms with E-state index in [0.29, 0.717) is 38.1 Å². The van der Waals surface area contributed by atoms with E-state index in [-0.39, 0.29) is 17.6 Å². The molecule has 0 aromatic heterocycles. The summed E-state index contributed by atoms with van der Waals surface area (Å²) < 4.78 is 6.70. The van der Waals surface area contributed by atoms with Crippen LogP contribution in [0.2, 0.25) is 0 Å². The minimum atomic E-state index is -0.944. The molecule has 3 aromatic carbocycles. The number of nitrogens with one attached hydrogen (secondary N) is 1. The van der Waals surface area contributed by atoms with Crippen molar-refractivity contribution in [3.8, 4) is 0 Å². The molecule has 1 saturated heterocycles. The highest BCUT2D eigenvalue weighted by molar-refractivity contribution is 5.67. The normalized spacial score (nSPS) is 26.0. The minimum absolute atomic E-state index is 0.208. The fraction of sp³-hybridized carbons (Fsp3) is 0.537. The van der Waals surface area contributed by atoms with E-state index in [4.69, 9.17) is 24.3 Å². The molecule has 0 atom stereocenters. The van der Waals surface area contributed by atoms with E-state index < -0.39 is 11.6 Å². The van der Waals surface area contributed by atoms with Gasteiger partial charge in [-0.25, -0.2) is 4.79 Å². The van der Waals surface area contributed by atoms with Gasteiger partial charge in [0.25, 0.3) is 0 Å². The molecule has 1 amide bonds. The molecule has 1 aliphatic heterocycles. The third-order valence-electron chi connectivity index (χ3n) is 10.8. The predicted octanol–water partition coefficient (Wildman–Crippen LogP) is 9.00. The van der Waals surface area contributed by atoms with E-state index >= 15 is 0 Å². The lowest BCUT2D eigenvalue weighted by Gasteiger charge is -2.48. The SMILES string of the molecule is CC(C)(C)C1CCC2(CC1)OOC1(CCC(OC(=O)NCCC[N+](Cc3ccccc3)(Cc3ccccc3)Cc3ccccc3)CC1)OO2. The molecule has 3 aliphatic rings. The Bertz CT molecular complexity index is 1330. The quantitative estimate of drug-likeness (QED) is 0.125. The highest BCUT2D eigenvalue weighted by atomic mass is 17.4. The third kappa shape index (κ3) is 9.71. The zero-order chi connectivity index (χ0) is 34.2. The van der Waals surface area contributed by atoms with Crippen molar-refractivity contribution in [1.82, 2.24) is 5.32 Å². The Morgan fingerprint density at radius 1 is 0.694 bits per heavy atom. The van der Waals surface area contributed by atoms with Gasteiger partial charge in [-0.3, -0.25) is 0 Å². The molecule has 264 valence electrons. The molecule has 0 bridgehead atoms. The molecule has 8 heteroatoms. The van der Waals surface area contributed by atoms with Gasteiger partial charge in [-0.1, -0.05) is 112 Å². The number of carbonyl (C=O) groups excluding carboxylic acids is 1. The molecule has 6 rings (SSSR count). The number of ether oxygens (including phenoxy) is 1. The highest BCUT2D eigenvalue weighted by Crippen LogP contribution is 2.48. The molecule has 8 nitrogen and oxygen atoms in total. The van der Waals surface area contributed by atoms with E-state index in [1.807, 2.05) is 0 Å². The monoisotopic (exact) mass is 671 g/mol. The first-order valence-corrected chi connectivity index (χ1v) is 18.3. The number of quaternary nitrogens is 1. The van der Waals surface area contributed by atoms with Gasteiger partial charge in [-0.15, -0.1) is 0 Å². The van der Waals surface area contributed by atoms with Crippen LogP contribution in [0.5, 0.6) is 0 Å². The number of hydrogen-bond acceptors (Lipinski definition) is 6. The summed E-state index contributed by atoms with van der Waals surface area (Å²) >= 11 is 0. The lowest BCUT2D eigenvalue weighted by atomic mass is 9.71. The lowest BCUT2D eigenvalue weighted by Crippen LogP contribution is -2.54. The van der Waals surface area contributed by atoms with E-state index in [2.05, 4.69) is 117 Å². The zero-order valence-corrected chi connectivity index (χ0v) is 29.6. The van der Waals surface area contributed by atoms with Crippen molar-refractivity contribution >= 4 is 6.09 Å². The minimum Gasteiger partial charge on any atom is -0.446 e. The Morgan fingerprint density at radius 3 is 1.51 bits per heavy atom. The van der Waals surface area contributed by atoms with Gasteiger partial charge in [0.15, 0.2) is 0 Å². The van der Waals surface area contributed by atoms with Crippen molar-refractivity contribution in [2.24, 2.45) is 11.3 Å². The molecule has 1 N–H and O–H groups in total. The second-order valence-corrected chi connectivity index (χ2v) is 15.7. The first-order chi connectivity index (χ1) is 23.6. The number of alkyl carbamates (subject to hydrolysis) is 1. The Hall–Kier alpha value is -3.27. The largest absolute Gasteiger partial charge is 0.446 e. The fourth-order valence-corrected chi connectivity index (χ4v) is 7.85. The zero-order valence-electron chi connectivity index (χ0n) is 29.6. The summed E-state index contributed by atoms with van der Waals surface area (Å²) in [6.07, 6.45) is 6.07. The Kier molecular flexibility index (Phi) is 11.4. The topological polar surface area (TPSA) is 75.3 Å². The highest BCUT2D eigenvalue weighted by Gasteiger charge is 2.52. The van der Waals surface area contributed by atoms with Gasteiger partial charge in [0.1, 0.15) is 25.7 Å². The van der Waals surface area contributed by atoms with E-state index in [0.717, 1.165) is 62.8 Å². The van der Waals surface area contributed by atoms with Crippen molar-refractivity contribution < 1.29 is 33.6 Å². The Labute approximate surface area is 292 Å². The summed E-state index contributed by atoms with van der Waals surface area (Å²) in [6, 6.07) is 32.2. The molecular formula is C41H55N2O6+. The van der Waals surface area contributed by atoms with Crippen LogP contribution in [0.3, 0.4) is 0 Å². The maximum atomic E-state index is 12.9. The second-order valence-electron chi connectivity index (χ2n) is 15.7. The Morgan fingerprint density at radius 2 is 1.10 bits per heavy atom. The molecule has 3 aromatic rings. The molecule has 2 saturated carbocycles. The van der Waals surface area contributed by atoms with Crippen molar-refractivity contribution in [3.05, 3.63) is 108 Å². The number of hydrogen-bond donors (Lipinski definition) is 1. The van der Waals surface area contributed by atoms with Crippen molar-refractivity contribution in [3.63, 3.8) is 0 Å². The van der Waals surface area contributed by atoms with Crippen molar-refractivity contribution in [2.75, 3.05) is 13.1 Å². The summed E-state index contributed by atoms with van der Waals surface area (Å²) in [6.45, 7) is 11.0. The standard InChI is InChI=1S/C41H54N2O6/c1-39(2,3)36-20-24-40(25-21-36)46-48-41(49-47-40)26-22-37(23-27-41)45-38(44)42-28-13-29-43(30-33-14-7-4-8-15-33,31-34-16-9-5-10-17-34)32-35-18-11-6-12-19-35/h4-12,14-19,36-37H,13,20-32H2,1-3H3/p+1. The summed E-state index contributed by atoms with van der Waals surface area (Å²) in [5.41, 5.74) is 4.19. The van der Waals surface area contributed by atoms with Gasteiger partial charge in [0.05, 0.1) is 6.54 Å². The maximum Gasteiger partial charge on any atom is 0.407 e. The molecule has 49 heavy (non-hydrogen) atoms. The average Bonchev–Trinajstić information content (AvgIpc) is 3.10. The van der Waals surface area contributed by atoms with Crippen LogP contribution in [0, 0.1) is 11.3 Å². The van der Waals surface area contributed by atoms with Crippen LogP contribution in [0.25, 0.3) is 0 Å². The first kappa shape index (κ1) is 35.6. The van der Waals surface area contributed by atoms with Crippen molar-refractivity contribution in [1.29, 1.82) is 0 Å². The fourth-order valence-electron chi connectivity index (χ4n) is 7.85. The van der Waals surface area contributed by atoms with Crippen LogP contribution in [-0.2, 0) is 43.9 Å². The molecule has 2 spiro atoms. The summed E-state index contributed by atoms with van der Waals surface area (Å²) in [4.78, 5) is 36.6. The second kappa shape index (κ2) is 15.7. The third-order valence-corrected chi connectivity index (χ3v) is 10.8. The van der Waals surface area contributed by atoms with Crippen LogP contribution < -0.4 is 5.32 Å². The predicted molar refractivity (Wildman–Crippen MR) is 188 cm³/mol. The van der Waals surface area contributed by atoms with E-state index in [1.165, 1.54) is 16.7 Å². The van der Waals surface area contributed by atoms with Crippen LogP contribution in [0.1, 0.15) is 95.2 Å². The summed E-state index contributed by atoms with van der Waals surface area (Å²) in [7, 11) is 0. The summed E-state index contributed by atoms with van der Waals surface area (Å²) in [5.74, 6) is -1.14. The first-order valence-electron chi connectivity index (χ1n) is 18.3. The molecule has 0 radical (unpaired) electrons. The van der Waals surface area contributed by atoms with Gasteiger partial charge in [-0.2, -0.15) is 19.6 Å². The number of carbonyl (C=O) groups is 1. The number of benzene rings is 3. The van der Waals surface area contributed by atoms with Crippen LogP contribution in [0.4, 0.5) is 4.79 Å². The molecule has 2 aliphatic carbocycles. The van der Waals surface area contributed by atoms with Crippen LogP contribution in [0.15, 0.2) is 91.0 Å². The molecule has 0 unspecified atom stereocenters. The molecular weight excluding hydrogens is 616 g/mol. The number of nitrogens with zero attached hydrogens (tertiary/aromatic N) is 1. The van der Waals surface area contributed by atoms with Gasteiger partial charge >= 0.3 is 6.09 Å². The van der Waals surface area contributed by atoms with Crippen molar-refractivity contribution in [2.45, 2.75) is 116 Å². The average molecular weight is 672 g/mol. The maximum absolute atomic E-state index is 12.9. The number of amides is 1. The van der Waals surface area contributed by atoms with Gasteiger partial charge in [0, 0.05) is 55.3 Å². The Balaban J connectivity index is 0.985. The number of rotatable bonds is 11. The molecule has 3 fully saturated rings. The van der Waals surface area contributed by atoms with E-state index in [9.17, 15) is 4.79 Å². The lowest BCUT2D eigenvalue weighted by molar-refractivity contribution is -0.966. The molecule has 1 heterocycles. The smallest absolute Gasteiger partial charge is 0.407 e. The summed E-state index contributed by atoms with van der Waals surface area (Å²) in [5, 5.41) is 3.04. The van der Waals surface area contributed by atoms with Crippen LogP contribution in [-0.4, -0.2) is 41.3 Å². The van der Waals surface area contributed by atoms with Gasteiger partial charge in [0.2, 0.25) is 11.6 Å². The van der Waals surface area contributed by atoms with Crippen LogP contribution >= 0.6 is 0 Å². The van der Waals surface area contributed by atoms with E-state index in [1.54, 1.807) is 0 Å². The van der Waals surface area contributed by atoms with Gasteiger partial charge < -0.3 is 14.5 Å².